The highest BCUT2D eigenvalue weighted by Crippen LogP contribution is 2.55. The van der Waals surface area contributed by atoms with E-state index in [9.17, 15) is 0 Å². The van der Waals surface area contributed by atoms with Gasteiger partial charge >= 0.3 is 0 Å². The molecule has 0 saturated carbocycles. The monoisotopic (exact) mass is 762 g/mol. The van der Waals surface area contributed by atoms with E-state index in [0.29, 0.717) is 0 Å². The molecule has 0 aliphatic carbocycles. The average Bonchev–Trinajstić information content (AvgIpc) is 3.32. The Morgan fingerprint density at radius 2 is 0.650 bits per heavy atom. The molecule has 4 aliphatic heterocycles. The fraction of sp³-hybridized carbons (Fsp3) is 0. The lowest BCUT2D eigenvalue weighted by Crippen LogP contribution is -2.63. The molecule has 278 valence electrons. The third-order valence-corrected chi connectivity index (χ3v) is 13.0. The summed E-state index contributed by atoms with van der Waals surface area (Å²) in [6.07, 6.45) is 0. The predicted octanol–water partition coefficient (Wildman–Crippen LogP) is 9.85. The first-order chi connectivity index (χ1) is 29.8. The van der Waals surface area contributed by atoms with Crippen molar-refractivity contribution in [2.24, 2.45) is 0 Å². The van der Waals surface area contributed by atoms with Gasteiger partial charge in [0.2, 0.25) is 6.71 Å². The maximum absolute atomic E-state index is 2.58. The van der Waals surface area contributed by atoms with Crippen molar-refractivity contribution < 1.29 is 0 Å². The zero-order valence-electron chi connectivity index (χ0n) is 32.7. The number of para-hydroxylation sites is 7. The van der Waals surface area contributed by atoms with Gasteiger partial charge in [0.1, 0.15) is 0 Å². The minimum Gasteiger partial charge on any atom is -0.311 e. The van der Waals surface area contributed by atoms with Gasteiger partial charge in [0.05, 0.1) is 22.7 Å². The van der Waals surface area contributed by atoms with Gasteiger partial charge < -0.3 is 19.6 Å². The van der Waals surface area contributed by atoms with Crippen LogP contribution in [0.5, 0.6) is 0 Å². The molecule has 9 aromatic carbocycles. The van der Waals surface area contributed by atoms with Gasteiger partial charge in [-0.15, -0.1) is 0 Å². The zero-order valence-corrected chi connectivity index (χ0v) is 32.7. The second kappa shape index (κ2) is 12.9. The van der Waals surface area contributed by atoms with E-state index in [0.717, 1.165) is 22.7 Å². The van der Waals surface area contributed by atoms with Crippen molar-refractivity contribution in [1.29, 1.82) is 0 Å². The lowest BCUT2D eigenvalue weighted by Gasteiger charge is -2.48. The largest absolute Gasteiger partial charge is 0.311 e. The summed E-state index contributed by atoms with van der Waals surface area (Å²) in [7, 11) is 0. The molecule has 0 amide bonds. The highest BCUT2D eigenvalue weighted by molar-refractivity contribution is 7.01. The SMILES string of the molecule is c1ccc(B2c3cc4c(cc3N3c5ccccc5N(c5ccccc5)c5cccc2c53)B2c3ccccc3N(c3ccccc3)c3cccc(c32)N4c2ccccc2)cc1. The Hall–Kier alpha value is -7.69. The topological polar surface area (TPSA) is 13.0 Å². The van der Waals surface area contributed by atoms with Crippen LogP contribution in [0.15, 0.2) is 218 Å². The van der Waals surface area contributed by atoms with E-state index in [1.165, 1.54) is 78.3 Å². The van der Waals surface area contributed by atoms with Crippen LogP contribution >= 0.6 is 0 Å². The molecular weight excluding hydrogens is 726 g/mol. The van der Waals surface area contributed by atoms with Gasteiger partial charge in [-0.1, -0.05) is 139 Å². The lowest BCUT2D eigenvalue weighted by molar-refractivity contribution is 1.17. The summed E-state index contributed by atoms with van der Waals surface area (Å²) in [5.41, 5.74) is 22.1. The molecule has 0 atom stereocenters. The van der Waals surface area contributed by atoms with Gasteiger partial charge in [-0.3, -0.25) is 0 Å². The minimum absolute atomic E-state index is 0.000270. The molecule has 4 heterocycles. The standard InChI is InChI=1S/C54H36B2N4/c1-5-19-37(20-6-1)55-42-28-17-34-50-54(42)60(47-31-16-15-30-46(47)58(50)39-23-9-3-10-24-39)52-36-44-51(35-43(52)55)59(40-25-11-4-12-26-40)49-33-18-32-48-53(49)56(44)41-27-13-14-29-45(41)57(48)38-21-7-2-8-22-38/h1-36H. The maximum Gasteiger partial charge on any atom is 0.252 e. The highest BCUT2D eigenvalue weighted by atomic mass is 15.3. The highest BCUT2D eigenvalue weighted by Gasteiger charge is 2.47. The van der Waals surface area contributed by atoms with Crippen molar-refractivity contribution >= 4 is 114 Å². The van der Waals surface area contributed by atoms with Gasteiger partial charge in [0.15, 0.2) is 0 Å². The first kappa shape index (κ1) is 33.3. The summed E-state index contributed by atoms with van der Waals surface area (Å²) < 4.78 is 0. The van der Waals surface area contributed by atoms with Crippen LogP contribution in [0.3, 0.4) is 0 Å². The van der Waals surface area contributed by atoms with E-state index < -0.39 is 0 Å². The van der Waals surface area contributed by atoms with Crippen LogP contribution in [-0.4, -0.2) is 13.4 Å². The van der Waals surface area contributed by atoms with E-state index in [-0.39, 0.29) is 13.4 Å². The molecule has 0 saturated heterocycles. The zero-order chi connectivity index (χ0) is 39.3. The number of hydrogen-bond donors (Lipinski definition) is 0. The molecule has 0 N–H and O–H groups in total. The summed E-state index contributed by atoms with van der Waals surface area (Å²) in [4.78, 5) is 10.0. The number of benzene rings is 9. The number of rotatable bonds is 4. The Labute approximate surface area is 351 Å². The molecule has 60 heavy (non-hydrogen) atoms. The van der Waals surface area contributed by atoms with E-state index in [2.05, 4.69) is 238 Å². The van der Waals surface area contributed by atoms with Crippen molar-refractivity contribution in [3.8, 4) is 0 Å². The van der Waals surface area contributed by atoms with Gasteiger partial charge in [-0.2, -0.15) is 0 Å². The van der Waals surface area contributed by atoms with Crippen LogP contribution in [0.4, 0.5) is 68.2 Å². The Morgan fingerprint density at radius 1 is 0.250 bits per heavy atom. The minimum atomic E-state index is -0.00171. The summed E-state index contributed by atoms with van der Waals surface area (Å²) >= 11 is 0. The fourth-order valence-corrected chi connectivity index (χ4v) is 10.6. The summed E-state index contributed by atoms with van der Waals surface area (Å²) in [5.74, 6) is 0. The molecular formula is C54H36B2N4. The van der Waals surface area contributed by atoms with Gasteiger partial charge in [0.25, 0.3) is 6.71 Å². The van der Waals surface area contributed by atoms with Crippen molar-refractivity contribution in [3.05, 3.63) is 218 Å². The van der Waals surface area contributed by atoms with Crippen LogP contribution in [-0.2, 0) is 0 Å². The van der Waals surface area contributed by atoms with Gasteiger partial charge in [0, 0.05) is 45.5 Å². The van der Waals surface area contributed by atoms with E-state index in [4.69, 9.17) is 0 Å². The Kier molecular flexibility index (Phi) is 7.16. The first-order valence-corrected chi connectivity index (χ1v) is 20.9. The Balaban J connectivity index is 1.14. The van der Waals surface area contributed by atoms with Crippen LogP contribution in [0.1, 0.15) is 0 Å². The summed E-state index contributed by atoms with van der Waals surface area (Å²) in [5, 5.41) is 0. The van der Waals surface area contributed by atoms with Gasteiger partial charge in [-0.25, -0.2) is 0 Å². The van der Waals surface area contributed by atoms with Gasteiger partial charge in [-0.05, 0) is 112 Å². The van der Waals surface area contributed by atoms with Crippen LogP contribution < -0.4 is 52.4 Å². The van der Waals surface area contributed by atoms with Crippen molar-refractivity contribution in [2.75, 3.05) is 19.6 Å². The molecule has 0 fully saturated rings. The molecule has 0 unspecified atom stereocenters. The molecule has 0 aromatic heterocycles. The Morgan fingerprint density at radius 3 is 1.27 bits per heavy atom. The second-order valence-electron chi connectivity index (χ2n) is 16.1. The number of nitrogens with zero attached hydrogens (tertiary/aromatic N) is 4. The molecule has 6 heteroatoms. The second-order valence-corrected chi connectivity index (χ2v) is 16.1. The smallest absolute Gasteiger partial charge is 0.252 e. The molecule has 0 spiro atoms. The van der Waals surface area contributed by atoms with Crippen molar-refractivity contribution in [2.45, 2.75) is 0 Å². The molecule has 13 rings (SSSR count). The molecule has 4 nitrogen and oxygen atoms in total. The average molecular weight is 763 g/mol. The quantitative estimate of drug-likeness (QED) is 0.166. The third-order valence-electron chi connectivity index (χ3n) is 13.0. The van der Waals surface area contributed by atoms with Crippen molar-refractivity contribution in [1.82, 2.24) is 0 Å². The van der Waals surface area contributed by atoms with Crippen LogP contribution in [0.2, 0.25) is 0 Å². The Bertz CT molecular complexity index is 2930. The van der Waals surface area contributed by atoms with Crippen LogP contribution in [0, 0.1) is 0 Å². The summed E-state index contributed by atoms with van der Waals surface area (Å²) in [6.45, 7) is -0.00144. The molecule has 4 aliphatic rings. The first-order valence-electron chi connectivity index (χ1n) is 20.9. The maximum atomic E-state index is 2.58. The number of hydrogen-bond acceptors (Lipinski definition) is 4. The van der Waals surface area contributed by atoms with Crippen molar-refractivity contribution in [3.63, 3.8) is 0 Å². The van der Waals surface area contributed by atoms with Crippen LogP contribution in [0.25, 0.3) is 0 Å². The lowest BCUT2D eigenvalue weighted by atomic mass is 9.31. The van der Waals surface area contributed by atoms with E-state index >= 15 is 0 Å². The fourth-order valence-electron chi connectivity index (χ4n) is 10.6. The molecule has 0 bridgehead atoms. The third kappa shape index (κ3) is 4.64. The van der Waals surface area contributed by atoms with E-state index in [1.807, 2.05) is 0 Å². The number of anilines is 12. The normalized spacial score (nSPS) is 13.8. The summed E-state index contributed by atoms with van der Waals surface area (Å²) in [6, 6.07) is 80.6. The molecule has 9 aromatic rings. The number of fused-ring (bicyclic) bond motifs is 8. The molecule has 0 radical (unpaired) electrons. The predicted molar refractivity (Wildman–Crippen MR) is 254 cm³/mol. The van der Waals surface area contributed by atoms with E-state index in [1.54, 1.807) is 0 Å².